The Morgan fingerprint density at radius 3 is 2.36 bits per heavy atom. The molecule has 2 aromatic carbocycles. The van der Waals surface area contributed by atoms with Crippen LogP contribution in [-0.2, 0) is 14.9 Å². The highest BCUT2D eigenvalue weighted by atomic mass is 16.7. The molecule has 7 heteroatoms. The van der Waals surface area contributed by atoms with Gasteiger partial charge in [-0.25, -0.2) is 0 Å². The van der Waals surface area contributed by atoms with Gasteiger partial charge in [-0.2, -0.15) is 0 Å². The van der Waals surface area contributed by atoms with Gasteiger partial charge in [0.1, 0.15) is 24.0 Å². The number of nitrogens with zero attached hydrogens (tertiary/aromatic N) is 1. The highest BCUT2D eigenvalue weighted by molar-refractivity contribution is 6.12. The first-order valence-corrected chi connectivity index (χ1v) is 8.96. The summed E-state index contributed by atoms with van der Waals surface area (Å²) in [6.45, 7) is 2.38. The molecular formula is C21H19NO6. The second-order valence-electron chi connectivity index (χ2n) is 7.17. The lowest BCUT2D eigenvalue weighted by molar-refractivity contribution is -0.142. The van der Waals surface area contributed by atoms with Gasteiger partial charge in [0, 0.05) is 17.5 Å². The van der Waals surface area contributed by atoms with Gasteiger partial charge in [0.05, 0.1) is 25.6 Å². The van der Waals surface area contributed by atoms with Gasteiger partial charge in [-0.15, -0.1) is 0 Å². The molecule has 0 N–H and O–H groups in total. The third kappa shape index (κ3) is 2.22. The van der Waals surface area contributed by atoms with E-state index in [4.69, 9.17) is 28.7 Å². The van der Waals surface area contributed by atoms with E-state index in [0.29, 0.717) is 28.7 Å². The molecular weight excluding hydrogens is 362 g/mol. The predicted molar refractivity (Wildman–Crippen MR) is 100 cm³/mol. The number of aliphatic imine (C=N–C) groups is 1. The summed E-state index contributed by atoms with van der Waals surface area (Å²) in [5.41, 5.74) is 2.47. The lowest BCUT2D eigenvalue weighted by Gasteiger charge is -2.38. The highest BCUT2D eigenvalue weighted by Crippen LogP contribution is 2.53. The smallest absolute Gasteiger partial charge is 0.316 e. The van der Waals surface area contributed by atoms with Crippen LogP contribution in [-0.4, -0.2) is 39.3 Å². The summed E-state index contributed by atoms with van der Waals surface area (Å²) in [7, 11) is 3.20. The van der Waals surface area contributed by atoms with E-state index >= 15 is 0 Å². The van der Waals surface area contributed by atoms with Gasteiger partial charge in [-0.1, -0.05) is 6.92 Å². The number of ether oxygens (including phenoxy) is 5. The molecule has 28 heavy (non-hydrogen) atoms. The van der Waals surface area contributed by atoms with Crippen LogP contribution in [0.3, 0.4) is 0 Å². The zero-order chi connectivity index (χ0) is 19.5. The first-order chi connectivity index (χ1) is 13.5. The fraction of sp³-hybridized carbons (Fsp3) is 0.333. The third-order valence-electron chi connectivity index (χ3n) is 5.77. The van der Waals surface area contributed by atoms with Crippen molar-refractivity contribution in [2.45, 2.75) is 12.3 Å². The quantitative estimate of drug-likeness (QED) is 0.761. The Morgan fingerprint density at radius 2 is 1.68 bits per heavy atom. The maximum absolute atomic E-state index is 12.7. The number of hydrogen-bond acceptors (Lipinski definition) is 7. The summed E-state index contributed by atoms with van der Waals surface area (Å²) in [4.78, 5) is 17.4. The molecule has 3 heterocycles. The Labute approximate surface area is 161 Å². The predicted octanol–water partition coefficient (Wildman–Crippen LogP) is 3.00. The molecule has 0 aliphatic carbocycles. The number of methoxy groups -OCH3 is 2. The van der Waals surface area contributed by atoms with Crippen LogP contribution in [0.15, 0.2) is 35.3 Å². The third-order valence-corrected chi connectivity index (χ3v) is 5.77. The second-order valence-corrected chi connectivity index (χ2v) is 7.17. The van der Waals surface area contributed by atoms with Crippen molar-refractivity contribution in [3.8, 4) is 23.0 Å². The standard InChI is InChI=1S/C21H19NO6/c1-21(11-4-12(24-2)6-13(5-11)25-3)14-7-17-18(28-10-27-17)8-15(14)22-16-9-26-20(23)19(16)21/h4-8,19H,9-10H2,1-3H3. The molecule has 3 aliphatic rings. The number of carbonyl (C=O) groups is 1. The lowest BCUT2D eigenvalue weighted by atomic mass is 9.64. The summed E-state index contributed by atoms with van der Waals surface area (Å²) < 4.78 is 27.4. The Hall–Kier alpha value is -3.22. The zero-order valence-corrected chi connectivity index (χ0v) is 15.8. The number of cyclic esters (lactones) is 1. The van der Waals surface area contributed by atoms with Gasteiger partial charge in [0.25, 0.3) is 0 Å². The van der Waals surface area contributed by atoms with Crippen LogP contribution in [0.4, 0.5) is 5.69 Å². The van der Waals surface area contributed by atoms with Gasteiger partial charge < -0.3 is 23.7 Å². The van der Waals surface area contributed by atoms with Crippen molar-refractivity contribution < 1.29 is 28.5 Å². The molecule has 1 saturated heterocycles. The van der Waals surface area contributed by atoms with Crippen LogP contribution >= 0.6 is 0 Å². The topological polar surface area (TPSA) is 75.6 Å². The normalized spacial score (nSPS) is 24.2. The number of fused-ring (bicyclic) bond motifs is 3. The largest absolute Gasteiger partial charge is 0.497 e. The monoisotopic (exact) mass is 381 g/mol. The summed E-state index contributed by atoms with van der Waals surface area (Å²) in [5, 5.41) is 0. The van der Waals surface area contributed by atoms with Crippen LogP contribution in [0.25, 0.3) is 0 Å². The number of rotatable bonds is 3. The average molecular weight is 381 g/mol. The van der Waals surface area contributed by atoms with Crippen molar-refractivity contribution in [1.29, 1.82) is 0 Å². The molecule has 0 aromatic heterocycles. The van der Waals surface area contributed by atoms with E-state index in [1.807, 2.05) is 31.2 Å². The molecule has 2 unspecified atom stereocenters. The van der Waals surface area contributed by atoms with E-state index in [9.17, 15) is 4.79 Å². The fourth-order valence-electron chi connectivity index (χ4n) is 4.29. The Morgan fingerprint density at radius 1 is 1.00 bits per heavy atom. The first kappa shape index (κ1) is 16.9. The van der Waals surface area contributed by atoms with E-state index in [0.717, 1.165) is 16.8 Å². The highest BCUT2D eigenvalue weighted by Gasteiger charge is 2.53. The molecule has 0 bridgehead atoms. The van der Waals surface area contributed by atoms with Crippen LogP contribution in [0.2, 0.25) is 0 Å². The summed E-state index contributed by atoms with van der Waals surface area (Å²) in [6.07, 6.45) is 0. The summed E-state index contributed by atoms with van der Waals surface area (Å²) >= 11 is 0. The molecule has 0 saturated carbocycles. The molecule has 144 valence electrons. The number of hydrogen-bond donors (Lipinski definition) is 0. The number of benzene rings is 2. The van der Waals surface area contributed by atoms with Crippen LogP contribution in [0, 0.1) is 5.92 Å². The van der Waals surface area contributed by atoms with E-state index in [-0.39, 0.29) is 19.4 Å². The molecule has 1 fully saturated rings. The van der Waals surface area contributed by atoms with Crippen LogP contribution < -0.4 is 18.9 Å². The second kappa shape index (κ2) is 5.89. The minimum absolute atomic E-state index is 0.171. The average Bonchev–Trinajstić information content (AvgIpc) is 3.32. The number of carbonyl (C=O) groups excluding carboxylic acids is 1. The maximum Gasteiger partial charge on any atom is 0.316 e. The van der Waals surface area contributed by atoms with Gasteiger partial charge in [0.2, 0.25) is 6.79 Å². The molecule has 2 aromatic rings. The van der Waals surface area contributed by atoms with E-state index < -0.39 is 11.3 Å². The van der Waals surface area contributed by atoms with Crippen molar-refractivity contribution in [1.82, 2.24) is 0 Å². The summed E-state index contributed by atoms with van der Waals surface area (Å²) in [6, 6.07) is 9.42. The van der Waals surface area contributed by atoms with Crippen molar-refractivity contribution >= 4 is 17.4 Å². The van der Waals surface area contributed by atoms with E-state index in [1.165, 1.54) is 0 Å². The minimum atomic E-state index is -0.733. The van der Waals surface area contributed by atoms with Crippen LogP contribution in [0.1, 0.15) is 18.1 Å². The van der Waals surface area contributed by atoms with Gasteiger partial charge in [-0.05, 0) is 29.3 Å². The molecule has 0 amide bonds. The Balaban J connectivity index is 1.79. The molecule has 0 radical (unpaired) electrons. The van der Waals surface area contributed by atoms with Crippen LogP contribution in [0.5, 0.6) is 23.0 Å². The fourth-order valence-corrected chi connectivity index (χ4v) is 4.29. The van der Waals surface area contributed by atoms with E-state index in [1.54, 1.807) is 20.3 Å². The molecule has 5 rings (SSSR count). The van der Waals surface area contributed by atoms with Gasteiger partial charge in [-0.3, -0.25) is 9.79 Å². The van der Waals surface area contributed by atoms with Crippen molar-refractivity contribution in [2.75, 3.05) is 27.6 Å². The number of esters is 1. The summed E-state index contributed by atoms with van der Waals surface area (Å²) in [5.74, 6) is 1.77. The minimum Gasteiger partial charge on any atom is -0.497 e. The van der Waals surface area contributed by atoms with Gasteiger partial charge in [0.15, 0.2) is 11.5 Å². The lowest BCUT2D eigenvalue weighted by Crippen LogP contribution is -2.42. The van der Waals surface area contributed by atoms with Gasteiger partial charge >= 0.3 is 5.97 Å². The van der Waals surface area contributed by atoms with Crippen molar-refractivity contribution in [2.24, 2.45) is 10.9 Å². The zero-order valence-electron chi connectivity index (χ0n) is 15.8. The Bertz CT molecular complexity index is 1010. The van der Waals surface area contributed by atoms with Crippen molar-refractivity contribution in [3.05, 3.63) is 41.5 Å². The maximum atomic E-state index is 12.7. The van der Waals surface area contributed by atoms with E-state index in [2.05, 4.69) is 0 Å². The molecule has 7 nitrogen and oxygen atoms in total. The molecule has 3 aliphatic heterocycles. The molecule has 2 atom stereocenters. The molecule has 0 spiro atoms. The SMILES string of the molecule is COc1cc(OC)cc(C2(C)c3cc4c(cc3N=C3COC(=O)C32)OCO4)c1. The Kier molecular flexibility index (Phi) is 3.56. The first-order valence-electron chi connectivity index (χ1n) is 8.96. The van der Waals surface area contributed by atoms with Crippen molar-refractivity contribution in [3.63, 3.8) is 0 Å².